The molecule has 0 aromatic heterocycles. The number of hydrogen-bond acceptors (Lipinski definition) is 2. The summed E-state index contributed by atoms with van der Waals surface area (Å²) in [5.41, 5.74) is 9.81. The van der Waals surface area contributed by atoms with Gasteiger partial charge in [-0.2, -0.15) is 0 Å². The van der Waals surface area contributed by atoms with Crippen molar-refractivity contribution < 1.29 is 4.74 Å². The number of ether oxygens (including phenoxy) is 1. The maximum atomic E-state index is 6.38. The topological polar surface area (TPSA) is 35.2 Å². The van der Waals surface area contributed by atoms with Gasteiger partial charge in [-0.1, -0.05) is 39.7 Å². The molecule has 0 radical (unpaired) electrons. The second-order valence-electron chi connectivity index (χ2n) is 5.02. The molecular formula is C16H15BrClNO. The van der Waals surface area contributed by atoms with E-state index in [4.69, 9.17) is 22.1 Å². The summed E-state index contributed by atoms with van der Waals surface area (Å²) in [7, 11) is 0. The molecule has 0 aliphatic carbocycles. The van der Waals surface area contributed by atoms with E-state index in [2.05, 4.69) is 28.1 Å². The van der Waals surface area contributed by atoms with Crippen LogP contribution in [0.3, 0.4) is 0 Å². The molecule has 0 saturated heterocycles. The van der Waals surface area contributed by atoms with Crippen LogP contribution in [0.15, 0.2) is 40.9 Å². The first-order chi connectivity index (χ1) is 9.63. The Morgan fingerprint density at radius 3 is 2.95 bits per heavy atom. The standard InChI is InChI=1S/C16H15BrClNO/c17-12-8-11-4-5-20-16(11)14(9-12)15(19)7-10-2-1-3-13(18)6-10/h1-3,6,8-9,15H,4-5,7,19H2. The number of hydrogen-bond donors (Lipinski definition) is 1. The number of rotatable bonds is 3. The quantitative estimate of drug-likeness (QED) is 0.895. The van der Waals surface area contributed by atoms with E-state index < -0.39 is 0 Å². The highest BCUT2D eigenvalue weighted by Crippen LogP contribution is 2.36. The van der Waals surface area contributed by atoms with Gasteiger partial charge in [0.25, 0.3) is 0 Å². The molecule has 1 heterocycles. The third-order valence-electron chi connectivity index (χ3n) is 3.52. The first kappa shape index (κ1) is 13.9. The van der Waals surface area contributed by atoms with Crippen molar-refractivity contribution in [2.24, 2.45) is 5.73 Å². The Bertz CT molecular complexity index is 644. The second-order valence-corrected chi connectivity index (χ2v) is 6.37. The monoisotopic (exact) mass is 351 g/mol. The predicted octanol–water partition coefficient (Wildman–Crippen LogP) is 4.28. The van der Waals surface area contributed by atoms with E-state index in [0.29, 0.717) is 0 Å². The van der Waals surface area contributed by atoms with Crippen LogP contribution in [0.4, 0.5) is 0 Å². The SMILES string of the molecule is NC(Cc1cccc(Cl)c1)c1cc(Br)cc2c1OCC2. The van der Waals surface area contributed by atoms with E-state index in [1.165, 1.54) is 5.56 Å². The lowest BCUT2D eigenvalue weighted by molar-refractivity contribution is 0.351. The fourth-order valence-electron chi connectivity index (χ4n) is 2.60. The maximum Gasteiger partial charge on any atom is 0.127 e. The summed E-state index contributed by atoms with van der Waals surface area (Å²) in [6.07, 6.45) is 1.69. The molecule has 0 bridgehead atoms. The van der Waals surface area contributed by atoms with E-state index in [9.17, 15) is 0 Å². The molecular weight excluding hydrogens is 338 g/mol. The number of halogens is 2. The molecule has 0 amide bonds. The minimum absolute atomic E-state index is 0.0992. The Balaban J connectivity index is 1.89. The molecule has 2 nitrogen and oxygen atoms in total. The van der Waals surface area contributed by atoms with E-state index in [-0.39, 0.29) is 6.04 Å². The van der Waals surface area contributed by atoms with Crippen LogP contribution in [0.5, 0.6) is 5.75 Å². The molecule has 0 saturated carbocycles. The summed E-state index contributed by atoms with van der Waals surface area (Å²) >= 11 is 9.57. The van der Waals surface area contributed by atoms with Gasteiger partial charge in [0.2, 0.25) is 0 Å². The largest absolute Gasteiger partial charge is 0.493 e. The summed E-state index contributed by atoms with van der Waals surface area (Å²) in [5.74, 6) is 0.961. The second kappa shape index (κ2) is 5.76. The minimum Gasteiger partial charge on any atom is -0.493 e. The number of nitrogens with two attached hydrogens (primary N) is 1. The van der Waals surface area contributed by atoms with Crippen LogP contribution in [0, 0.1) is 0 Å². The van der Waals surface area contributed by atoms with Crippen molar-refractivity contribution in [1.29, 1.82) is 0 Å². The van der Waals surface area contributed by atoms with E-state index in [1.807, 2.05) is 24.3 Å². The summed E-state index contributed by atoms with van der Waals surface area (Å²) < 4.78 is 6.79. The van der Waals surface area contributed by atoms with E-state index >= 15 is 0 Å². The highest BCUT2D eigenvalue weighted by atomic mass is 79.9. The molecule has 1 unspecified atom stereocenters. The fourth-order valence-corrected chi connectivity index (χ4v) is 3.34. The Labute approximate surface area is 132 Å². The normalized spacial score (nSPS) is 14.8. The Morgan fingerprint density at radius 1 is 1.30 bits per heavy atom. The Morgan fingerprint density at radius 2 is 2.15 bits per heavy atom. The molecule has 1 aliphatic rings. The summed E-state index contributed by atoms with van der Waals surface area (Å²) in [6.45, 7) is 0.739. The van der Waals surface area contributed by atoms with Crippen molar-refractivity contribution >= 4 is 27.5 Å². The summed E-state index contributed by atoms with van der Waals surface area (Å²) in [4.78, 5) is 0. The zero-order chi connectivity index (χ0) is 14.1. The van der Waals surface area contributed by atoms with Gasteiger partial charge in [0.05, 0.1) is 6.61 Å². The van der Waals surface area contributed by atoms with Crippen molar-refractivity contribution in [1.82, 2.24) is 0 Å². The van der Waals surface area contributed by atoms with Crippen molar-refractivity contribution in [2.75, 3.05) is 6.61 Å². The van der Waals surface area contributed by atoms with Gasteiger partial charge < -0.3 is 10.5 Å². The van der Waals surface area contributed by atoms with Crippen LogP contribution in [0.1, 0.15) is 22.7 Å². The van der Waals surface area contributed by atoms with Gasteiger partial charge in [-0.15, -0.1) is 0 Å². The van der Waals surface area contributed by atoms with Crippen molar-refractivity contribution in [3.05, 3.63) is 62.6 Å². The van der Waals surface area contributed by atoms with Gasteiger partial charge in [-0.05, 0) is 41.8 Å². The average Bonchev–Trinajstić information content (AvgIpc) is 2.85. The number of fused-ring (bicyclic) bond motifs is 1. The minimum atomic E-state index is -0.0992. The molecule has 1 atom stereocenters. The lowest BCUT2D eigenvalue weighted by Gasteiger charge is -2.16. The molecule has 2 N–H and O–H groups in total. The molecule has 104 valence electrons. The van der Waals surface area contributed by atoms with Crippen molar-refractivity contribution in [3.8, 4) is 5.75 Å². The van der Waals surface area contributed by atoms with Gasteiger partial charge in [0, 0.05) is 27.5 Å². The van der Waals surface area contributed by atoms with Gasteiger partial charge in [-0.25, -0.2) is 0 Å². The molecule has 20 heavy (non-hydrogen) atoms. The average molecular weight is 353 g/mol. The molecule has 3 rings (SSSR count). The van der Waals surface area contributed by atoms with Gasteiger partial charge in [-0.3, -0.25) is 0 Å². The fraction of sp³-hybridized carbons (Fsp3) is 0.250. The van der Waals surface area contributed by atoms with Gasteiger partial charge in [0.1, 0.15) is 5.75 Å². The Kier molecular flexibility index (Phi) is 4.01. The lowest BCUT2D eigenvalue weighted by atomic mass is 9.97. The first-order valence-corrected chi connectivity index (χ1v) is 7.76. The molecule has 2 aromatic carbocycles. The van der Waals surface area contributed by atoms with Crippen LogP contribution in [-0.4, -0.2) is 6.61 Å². The molecule has 0 fully saturated rings. The van der Waals surface area contributed by atoms with Crippen LogP contribution in [0.25, 0.3) is 0 Å². The van der Waals surface area contributed by atoms with Crippen molar-refractivity contribution in [3.63, 3.8) is 0 Å². The third-order valence-corrected chi connectivity index (χ3v) is 4.21. The number of benzene rings is 2. The molecule has 1 aliphatic heterocycles. The smallest absolute Gasteiger partial charge is 0.127 e. The Hall–Kier alpha value is -1.03. The maximum absolute atomic E-state index is 6.38. The summed E-state index contributed by atoms with van der Waals surface area (Å²) in [5, 5.41) is 0.741. The highest BCUT2D eigenvalue weighted by molar-refractivity contribution is 9.10. The van der Waals surface area contributed by atoms with Crippen LogP contribution < -0.4 is 10.5 Å². The van der Waals surface area contributed by atoms with Crippen molar-refractivity contribution in [2.45, 2.75) is 18.9 Å². The molecule has 0 spiro atoms. The van der Waals surface area contributed by atoms with Crippen LogP contribution in [-0.2, 0) is 12.8 Å². The molecule has 4 heteroatoms. The summed E-state index contributed by atoms with van der Waals surface area (Å²) in [6, 6.07) is 11.9. The zero-order valence-electron chi connectivity index (χ0n) is 10.9. The van der Waals surface area contributed by atoms with E-state index in [1.54, 1.807) is 0 Å². The van der Waals surface area contributed by atoms with Crippen LogP contribution >= 0.6 is 27.5 Å². The predicted molar refractivity (Wildman–Crippen MR) is 85.4 cm³/mol. The highest BCUT2D eigenvalue weighted by Gasteiger charge is 2.21. The third kappa shape index (κ3) is 2.85. The zero-order valence-corrected chi connectivity index (χ0v) is 13.2. The van der Waals surface area contributed by atoms with Crippen LogP contribution in [0.2, 0.25) is 5.02 Å². The lowest BCUT2D eigenvalue weighted by Crippen LogP contribution is -2.14. The first-order valence-electron chi connectivity index (χ1n) is 6.58. The van der Waals surface area contributed by atoms with Gasteiger partial charge >= 0.3 is 0 Å². The molecule has 2 aromatic rings. The van der Waals surface area contributed by atoms with E-state index in [0.717, 1.165) is 45.8 Å². The van der Waals surface area contributed by atoms with Gasteiger partial charge in [0.15, 0.2) is 0 Å².